The second-order valence-electron chi connectivity index (χ2n) is 8.81. The van der Waals surface area contributed by atoms with Crippen molar-refractivity contribution in [3.8, 4) is 17.2 Å². The number of alkyl halides is 3. The fraction of sp³-hybridized carbons (Fsp3) is 0.296. The molecule has 3 amide bonds. The highest BCUT2D eigenvalue weighted by Crippen LogP contribution is 2.35. The minimum Gasteiger partial charge on any atom is -0.490 e. The Labute approximate surface area is 228 Å². The molecule has 2 heterocycles. The third-order valence-electron chi connectivity index (χ3n) is 5.97. The lowest BCUT2D eigenvalue weighted by Gasteiger charge is -2.27. The molecule has 1 aromatic heterocycles. The van der Waals surface area contributed by atoms with E-state index < -0.39 is 17.8 Å². The largest absolute Gasteiger partial charge is 0.490 e. The Bertz CT molecular complexity index is 1310. The molecule has 0 saturated carbocycles. The first-order chi connectivity index (χ1) is 19.2. The number of rotatable bonds is 9. The Balaban J connectivity index is 1.38. The zero-order valence-electron chi connectivity index (χ0n) is 21.7. The van der Waals surface area contributed by atoms with Crippen LogP contribution in [0.15, 0.2) is 60.8 Å². The summed E-state index contributed by atoms with van der Waals surface area (Å²) in [6.07, 6.45) is -3.14. The van der Waals surface area contributed by atoms with Crippen LogP contribution in [0.5, 0.6) is 17.2 Å². The van der Waals surface area contributed by atoms with Crippen LogP contribution in [0.25, 0.3) is 0 Å². The average Bonchev–Trinajstić information content (AvgIpc) is 2.94. The van der Waals surface area contributed by atoms with Crippen LogP contribution in [-0.2, 0) is 6.18 Å². The Morgan fingerprint density at radius 2 is 1.75 bits per heavy atom. The number of amides is 3. The van der Waals surface area contributed by atoms with E-state index in [0.717, 1.165) is 38.3 Å². The maximum absolute atomic E-state index is 13.3. The Kier molecular flexibility index (Phi) is 9.40. The second kappa shape index (κ2) is 13.1. The molecule has 3 aromatic rings. The van der Waals surface area contributed by atoms with Crippen molar-refractivity contribution < 1.29 is 32.2 Å². The van der Waals surface area contributed by atoms with E-state index in [1.807, 2.05) is 0 Å². The first-order valence-corrected chi connectivity index (χ1v) is 12.5. The number of piperazine rings is 1. The molecule has 0 unspecified atom stereocenters. The van der Waals surface area contributed by atoms with Crippen molar-refractivity contribution in [3.05, 3.63) is 72.1 Å². The number of benzene rings is 2. The fourth-order valence-corrected chi connectivity index (χ4v) is 3.90. The van der Waals surface area contributed by atoms with Crippen LogP contribution in [0.1, 0.15) is 16.1 Å². The molecule has 1 saturated heterocycles. The van der Waals surface area contributed by atoms with Crippen molar-refractivity contribution in [3.63, 3.8) is 0 Å². The lowest BCUT2D eigenvalue weighted by atomic mass is 10.2. The number of halogens is 3. The van der Waals surface area contributed by atoms with E-state index in [9.17, 15) is 22.8 Å². The van der Waals surface area contributed by atoms with Crippen molar-refractivity contribution in [2.45, 2.75) is 6.18 Å². The Morgan fingerprint density at radius 3 is 2.45 bits per heavy atom. The average molecular weight is 559 g/mol. The summed E-state index contributed by atoms with van der Waals surface area (Å²) < 4.78 is 51.5. The number of hydrogen-bond acceptors (Lipinski definition) is 7. The Morgan fingerprint density at radius 1 is 1.00 bits per heavy atom. The van der Waals surface area contributed by atoms with Gasteiger partial charge in [0.25, 0.3) is 5.91 Å². The van der Waals surface area contributed by atoms with Gasteiger partial charge in [-0.25, -0.2) is 4.79 Å². The summed E-state index contributed by atoms with van der Waals surface area (Å²) in [6, 6.07) is 11.6. The zero-order chi connectivity index (χ0) is 28.5. The minimum atomic E-state index is -4.59. The summed E-state index contributed by atoms with van der Waals surface area (Å²) in [6.45, 7) is 4.30. The van der Waals surface area contributed by atoms with Gasteiger partial charge < -0.3 is 30.7 Å². The van der Waals surface area contributed by atoms with Crippen molar-refractivity contribution in [1.29, 1.82) is 0 Å². The van der Waals surface area contributed by atoms with Crippen molar-refractivity contribution in [1.82, 2.24) is 20.5 Å². The molecule has 212 valence electrons. The normalized spacial score (nSPS) is 13.8. The van der Waals surface area contributed by atoms with Crippen LogP contribution in [0.3, 0.4) is 0 Å². The van der Waals surface area contributed by atoms with Gasteiger partial charge in [0, 0.05) is 57.7 Å². The third kappa shape index (κ3) is 8.07. The van der Waals surface area contributed by atoms with Gasteiger partial charge in [0.15, 0.2) is 0 Å². The van der Waals surface area contributed by atoms with Gasteiger partial charge in [-0.1, -0.05) is 0 Å². The number of pyridine rings is 1. The minimum absolute atomic E-state index is 0.0998. The summed E-state index contributed by atoms with van der Waals surface area (Å²) in [4.78, 5) is 30.6. The van der Waals surface area contributed by atoms with E-state index in [4.69, 9.17) is 9.47 Å². The van der Waals surface area contributed by atoms with Crippen molar-refractivity contribution >= 4 is 23.3 Å². The van der Waals surface area contributed by atoms with Crippen molar-refractivity contribution in [2.24, 2.45) is 0 Å². The highest BCUT2D eigenvalue weighted by atomic mass is 19.4. The topological polar surface area (TPSA) is 117 Å². The molecule has 4 rings (SSSR count). The van der Waals surface area contributed by atoms with Gasteiger partial charge in [-0.05, 0) is 48.5 Å². The summed E-state index contributed by atoms with van der Waals surface area (Å²) in [5.74, 6) is 0.597. The van der Waals surface area contributed by atoms with E-state index in [1.54, 1.807) is 30.3 Å². The SMILES string of the molecule is CNC(=O)c1cc(Oc2ccc(NC(=O)Nc3cc(C(F)(F)F)ccc3OCCN3CCNCC3)cc2)ccn1. The number of carbonyl (C=O) groups is 2. The van der Waals surface area contributed by atoms with Crippen LogP contribution < -0.4 is 30.7 Å². The molecule has 0 atom stereocenters. The number of nitrogens with one attached hydrogen (secondary N) is 4. The first-order valence-electron chi connectivity index (χ1n) is 12.5. The van der Waals surface area contributed by atoms with Gasteiger partial charge in [-0.3, -0.25) is 14.7 Å². The lowest BCUT2D eigenvalue weighted by molar-refractivity contribution is -0.137. The van der Waals surface area contributed by atoms with Crippen LogP contribution in [-0.4, -0.2) is 68.2 Å². The number of ether oxygens (including phenoxy) is 2. The van der Waals surface area contributed by atoms with E-state index in [1.165, 1.54) is 25.4 Å². The van der Waals surface area contributed by atoms with Crippen LogP contribution in [0, 0.1) is 0 Å². The Hall–Kier alpha value is -4.36. The molecule has 10 nitrogen and oxygen atoms in total. The third-order valence-corrected chi connectivity index (χ3v) is 5.97. The zero-order valence-corrected chi connectivity index (χ0v) is 21.7. The molecule has 0 bridgehead atoms. The predicted octanol–water partition coefficient (Wildman–Crippen LogP) is 4.18. The van der Waals surface area contributed by atoms with Crippen LogP contribution in [0.2, 0.25) is 0 Å². The summed E-state index contributed by atoms with van der Waals surface area (Å²) in [7, 11) is 1.49. The molecule has 4 N–H and O–H groups in total. The summed E-state index contributed by atoms with van der Waals surface area (Å²) in [5, 5.41) is 10.8. The van der Waals surface area contributed by atoms with Crippen LogP contribution in [0.4, 0.5) is 29.3 Å². The number of urea groups is 1. The van der Waals surface area contributed by atoms with E-state index >= 15 is 0 Å². The molecule has 0 spiro atoms. The number of anilines is 2. The molecule has 40 heavy (non-hydrogen) atoms. The highest BCUT2D eigenvalue weighted by Gasteiger charge is 2.31. The second-order valence-corrected chi connectivity index (χ2v) is 8.81. The van der Waals surface area contributed by atoms with Gasteiger partial charge in [0.05, 0.1) is 11.3 Å². The van der Waals surface area contributed by atoms with E-state index in [2.05, 4.69) is 31.2 Å². The molecule has 1 aliphatic rings. The highest BCUT2D eigenvalue weighted by molar-refractivity contribution is 6.00. The van der Waals surface area contributed by atoms with Gasteiger partial charge >= 0.3 is 12.2 Å². The molecule has 2 aromatic carbocycles. The van der Waals surface area contributed by atoms with E-state index in [-0.39, 0.29) is 29.6 Å². The van der Waals surface area contributed by atoms with Crippen LogP contribution >= 0.6 is 0 Å². The van der Waals surface area contributed by atoms with Gasteiger partial charge in [-0.2, -0.15) is 13.2 Å². The summed E-state index contributed by atoms with van der Waals surface area (Å²) in [5.41, 5.74) is -0.442. The monoisotopic (exact) mass is 558 g/mol. The van der Waals surface area contributed by atoms with Gasteiger partial charge in [0.2, 0.25) is 0 Å². The number of aromatic nitrogens is 1. The molecule has 1 aliphatic heterocycles. The maximum atomic E-state index is 13.3. The van der Waals surface area contributed by atoms with Crippen molar-refractivity contribution in [2.75, 3.05) is 57.0 Å². The molecule has 1 fully saturated rings. The summed E-state index contributed by atoms with van der Waals surface area (Å²) >= 11 is 0. The molecular formula is C27H29F3N6O4. The molecule has 0 radical (unpaired) electrons. The van der Waals surface area contributed by atoms with Gasteiger partial charge in [-0.15, -0.1) is 0 Å². The first kappa shape index (κ1) is 28.6. The number of hydrogen-bond donors (Lipinski definition) is 4. The molecular weight excluding hydrogens is 529 g/mol. The number of carbonyl (C=O) groups excluding carboxylic acids is 2. The smallest absolute Gasteiger partial charge is 0.416 e. The number of nitrogens with zero attached hydrogens (tertiary/aromatic N) is 2. The molecule has 13 heteroatoms. The standard InChI is InChI=1S/C27H29F3N6O4/c1-31-25(37)23-17-21(8-9-33-23)40-20-5-3-19(4-6-20)34-26(38)35-22-16-18(27(28,29)30)2-7-24(22)39-15-14-36-12-10-32-11-13-36/h2-9,16-17,32H,10-15H2,1H3,(H,31,37)(H2,34,35,38). The maximum Gasteiger partial charge on any atom is 0.416 e. The van der Waals surface area contributed by atoms with E-state index in [0.29, 0.717) is 23.7 Å². The fourth-order valence-electron chi connectivity index (χ4n) is 3.90. The lowest BCUT2D eigenvalue weighted by Crippen LogP contribution is -2.44. The van der Waals surface area contributed by atoms with Gasteiger partial charge in [0.1, 0.15) is 29.5 Å². The predicted molar refractivity (Wildman–Crippen MR) is 143 cm³/mol. The molecule has 0 aliphatic carbocycles. The quantitative estimate of drug-likeness (QED) is 0.311.